The van der Waals surface area contributed by atoms with Crippen LogP contribution in [0.2, 0.25) is 0 Å². The fourth-order valence-corrected chi connectivity index (χ4v) is 5.37. The van der Waals surface area contributed by atoms with Crippen LogP contribution in [0.5, 0.6) is 34.8 Å². The third-order valence-corrected chi connectivity index (χ3v) is 7.94. The monoisotopic (exact) mass is 659 g/mol. The van der Waals surface area contributed by atoms with Gasteiger partial charge in [-0.25, -0.2) is 0 Å². The minimum Gasteiger partial charge on any atom is -0.489 e. The van der Waals surface area contributed by atoms with Gasteiger partial charge >= 0.3 is 0 Å². The average Bonchev–Trinajstić information content (AvgIpc) is 3.60. The summed E-state index contributed by atoms with van der Waals surface area (Å²) in [6.07, 6.45) is 0. The van der Waals surface area contributed by atoms with Crippen molar-refractivity contribution in [2.75, 3.05) is 20.1 Å². The largest absolute Gasteiger partial charge is 0.489 e. The summed E-state index contributed by atoms with van der Waals surface area (Å²) in [5.74, 6) is 3.88. The van der Waals surface area contributed by atoms with Crippen molar-refractivity contribution in [1.82, 2.24) is 14.9 Å². The molecule has 0 atom stereocenters. The van der Waals surface area contributed by atoms with Gasteiger partial charge in [0.2, 0.25) is 11.8 Å². The van der Waals surface area contributed by atoms with Gasteiger partial charge in [0.15, 0.2) is 17.3 Å². The summed E-state index contributed by atoms with van der Waals surface area (Å²) in [6, 6.07) is 43.9. The third-order valence-electron chi connectivity index (χ3n) is 7.94. The second-order valence-electron chi connectivity index (χ2n) is 11.6. The van der Waals surface area contributed by atoms with Crippen LogP contribution in [0.4, 0.5) is 0 Å². The van der Waals surface area contributed by atoms with Gasteiger partial charge in [-0.3, -0.25) is 4.99 Å². The molecule has 6 aromatic rings. The summed E-state index contributed by atoms with van der Waals surface area (Å²) >= 11 is 0. The quantitative estimate of drug-likeness (QED) is 0.129. The van der Waals surface area contributed by atoms with Gasteiger partial charge in [-0.05, 0) is 59.7 Å². The van der Waals surface area contributed by atoms with Crippen molar-refractivity contribution < 1.29 is 18.9 Å². The molecular weight excluding hydrogens is 626 g/mol. The van der Waals surface area contributed by atoms with Crippen LogP contribution in [0.1, 0.15) is 22.3 Å². The lowest BCUT2D eigenvalue weighted by Gasteiger charge is -2.15. The number of hydrogen-bond acceptors (Lipinski definition) is 9. The smallest absolute Gasteiger partial charge is 0.226 e. The zero-order chi connectivity index (χ0) is 34.1. The minimum atomic E-state index is 0.213. The summed E-state index contributed by atoms with van der Waals surface area (Å²) in [4.78, 5) is 16.3. The Kier molecular flexibility index (Phi) is 9.61. The van der Waals surface area contributed by atoms with Gasteiger partial charge in [0, 0.05) is 30.8 Å². The Morgan fingerprint density at radius 3 is 2.02 bits per heavy atom. The van der Waals surface area contributed by atoms with E-state index < -0.39 is 0 Å². The topological polar surface area (TPSA) is 102 Å². The molecule has 1 aliphatic heterocycles. The van der Waals surface area contributed by atoms with E-state index >= 15 is 0 Å². The molecule has 246 valence electrons. The Balaban J connectivity index is 1.19. The number of likely N-dealkylation sites (N-methyl/N-ethyl adjacent to an activating group) is 1. The fourth-order valence-electron chi connectivity index (χ4n) is 5.37. The van der Waals surface area contributed by atoms with Crippen LogP contribution in [0, 0.1) is 11.3 Å². The molecule has 0 N–H and O–H groups in total. The lowest BCUT2D eigenvalue weighted by atomic mass is 10.2. The maximum absolute atomic E-state index is 9.66. The first-order chi connectivity index (χ1) is 24.6. The van der Waals surface area contributed by atoms with Crippen LogP contribution in [0.15, 0.2) is 138 Å². The van der Waals surface area contributed by atoms with Gasteiger partial charge in [-0.15, -0.1) is 0 Å². The standard InChI is InChI=1S/C41H33N5O4/c1-46-22-21-43-41(46)33-13-8-14-35(24-33)49-38-25-39(50-37-23-31(26-42)15-20-36(37)48-28-30-11-6-3-7-12-30)45-40(44-38)32-16-18-34(19-17-32)47-27-29-9-4-2-5-10-29/h2-20,23-25H,21-22,27-28H2,1H3. The van der Waals surface area contributed by atoms with Crippen molar-refractivity contribution in [3.05, 3.63) is 156 Å². The Bertz CT molecular complexity index is 2150. The Morgan fingerprint density at radius 1 is 0.640 bits per heavy atom. The summed E-state index contributed by atoms with van der Waals surface area (Å²) in [7, 11) is 2.02. The van der Waals surface area contributed by atoms with Crippen LogP contribution >= 0.6 is 0 Å². The molecule has 0 aliphatic carbocycles. The van der Waals surface area contributed by atoms with E-state index in [0.717, 1.165) is 41.2 Å². The molecule has 50 heavy (non-hydrogen) atoms. The van der Waals surface area contributed by atoms with E-state index in [1.54, 1.807) is 24.3 Å². The number of hydrogen-bond donors (Lipinski definition) is 0. The second-order valence-corrected chi connectivity index (χ2v) is 11.6. The van der Waals surface area contributed by atoms with Crippen LogP contribution in [0.25, 0.3) is 11.4 Å². The molecule has 1 aromatic heterocycles. The molecule has 0 radical (unpaired) electrons. The molecule has 0 unspecified atom stereocenters. The minimum absolute atomic E-state index is 0.213. The van der Waals surface area contributed by atoms with Gasteiger partial charge in [0.05, 0.1) is 24.2 Å². The highest BCUT2D eigenvalue weighted by atomic mass is 16.5. The number of rotatable bonds is 12. The van der Waals surface area contributed by atoms with E-state index in [-0.39, 0.29) is 11.8 Å². The number of nitriles is 1. The molecule has 0 fully saturated rings. The van der Waals surface area contributed by atoms with Crippen LogP contribution in [0.3, 0.4) is 0 Å². The van der Waals surface area contributed by atoms with Crippen molar-refractivity contribution >= 4 is 5.84 Å². The molecule has 9 heteroatoms. The zero-order valence-electron chi connectivity index (χ0n) is 27.4. The lowest BCUT2D eigenvalue weighted by molar-refractivity contribution is 0.290. The van der Waals surface area contributed by atoms with Crippen LogP contribution in [-0.4, -0.2) is 40.8 Å². The number of aromatic nitrogens is 2. The number of ether oxygens (including phenoxy) is 4. The van der Waals surface area contributed by atoms with Gasteiger partial charge in [-0.1, -0.05) is 72.8 Å². The molecule has 0 saturated heterocycles. The van der Waals surface area contributed by atoms with E-state index in [2.05, 4.69) is 16.0 Å². The first-order valence-electron chi connectivity index (χ1n) is 16.2. The second kappa shape index (κ2) is 15.0. The zero-order valence-corrected chi connectivity index (χ0v) is 27.4. The first-order valence-corrected chi connectivity index (χ1v) is 16.2. The number of aliphatic imine (C=N–C) groups is 1. The number of amidine groups is 1. The molecule has 0 spiro atoms. The van der Waals surface area contributed by atoms with Gasteiger partial charge in [-0.2, -0.15) is 15.2 Å². The molecular formula is C41H33N5O4. The van der Waals surface area contributed by atoms with Crippen molar-refractivity contribution in [2.24, 2.45) is 4.99 Å². The average molecular weight is 660 g/mol. The van der Waals surface area contributed by atoms with Crippen molar-refractivity contribution in [3.63, 3.8) is 0 Å². The van der Waals surface area contributed by atoms with E-state index in [1.807, 2.05) is 116 Å². The molecule has 0 amide bonds. The Labute approximate surface area is 290 Å². The van der Waals surface area contributed by atoms with Crippen molar-refractivity contribution in [2.45, 2.75) is 13.2 Å². The van der Waals surface area contributed by atoms with Crippen LogP contribution < -0.4 is 18.9 Å². The summed E-state index contributed by atoms with van der Waals surface area (Å²) < 4.78 is 24.8. The fraction of sp³-hybridized carbons (Fsp3) is 0.122. The lowest BCUT2D eigenvalue weighted by Crippen LogP contribution is -2.23. The maximum Gasteiger partial charge on any atom is 0.226 e. The van der Waals surface area contributed by atoms with Crippen molar-refractivity contribution in [1.29, 1.82) is 5.26 Å². The van der Waals surface area contributed by atoms with E-state index in [9.17, 15) is 5.26 Å². The highest BCUT2D eigenvalue weighted by Crippen LogP contribution is 2.35. The predicted molar refractivity (Wildman–Crippen MR) is 191 cm³/mol. The molecule has 0 bridgehead atoms. The molecule has 1 aliphatic rings. The molecule has 7 rings (SSSR count). The highest BCUT2D eigenvalue weighted by Gasteiger charge is 2.17. The van der Waals surface area contributed by atoms with E-state index in [1.165, 1.54) is 0 Å². The Morgan fingerprint density at radius 2 is 1.34 bits per heavy atom. The maximum atomic E-state index is 9.66. The SMILES string of the molecule is CN1CCN=C1c1cccc(Oc2cc(Oc3cc(C#N)ccc3OCc3ccccc3)nc(-c3ccc(OCc4ccccc4)cc3)n2)c1. The Hall–Kier alpha value is -6.66. The van der Waals surface area contributed by atoms with E-state index in [0.29, 0.717) is 47.6 Å². The van der Waals surface area contributed by atoms with Gasteiger partial charge in [0.25, 0.3) is 0 Å². The third kappa shape index (κ3) is 7.89. The first kappa shape index (κ1) is 31.9. The molecule has 9 nitrogen and oxygen atoms in total. The van der Waals surface area contributed by atoms with Crippen LogP contribution in [-0.2, 0) is 13.2 Å². The highest BCUT2D eigenvalue weighted by molar-refractivity contribution is 5.99. The normalized spacial score (nSPS) is 12.2. The molecule has 2 heterocycles. The summed E-state index contributed by atoms with van der Waals surface area (Å²) in [5.41, 5.74) is 4.17. The molecule has 0 saturated carbocycles. The number of nitrogens with zero attached hydrogens (tertiary/aromatic N) is 5. The van der Waals surface area contributed by atoms with Gasteiger partial charge < -0.3 is 23.8 Å². The summed E-state index contributed by atoms with van der Waals surface area (Å²) in [5, 5.41) is 9.66. The summed E-state index contributed by atoms with van der Waals surface area (Å²) in [6.45, 7) is 2.40. The van der Waals surface area contributed by atoms with Crippen molar-refractivity contribution in [3.8, 4) is 52.2 Å². The molecule has 5 aromatic carbocycles. The van der Waals surface area contributed by atoms with E-state index in [4.69, 9.17) is 28.9 Å². The predicted octanol–water partition coefficient (Wildman–Crippen LogP) is 8.45. The number of benzene rings is 5. The van der Waals surface area contributed by atoms with Gasteiger partial charge in [0.1, 0.15) is 30.5 Å².